The number of hydrogen-bond acceptors (Lipinski definition) is 1. The van der Waals surface area contributed by atoms with Gasteiger partial charge >= 0.3 is 0 Å². The van der Waals surface area contributed by atoms with E-state index in [9.17, 15) is 0 Å². The van der Waals surface area contributed by atoms with Gasteiger partial charge in [-0.05, 0) is 55.9 Å². The van der Waals surface area contributed by atoms with Crippen LogP contribution in [0.5, 0.6) is 0 Å². The van der Waals surface area contributed by atoms with Gasteiger partial charge in [-0.1, -0.05) is 55.0 Å². The van der Waals surface area contributed by atoms with Gasteiger partial charge < -0.3 is 5.73 Å². The van der Waals surface area contributed by atoms with Gasteiger partial charge in [0, 0.05) is 5.54 Å². The highest BCUT2D eigenvalue weighted by Crippen LogP contribution is 2.26. The minimum atomic E-state index is -0.330. The van der Waals surface area contributed by atoms with E-state index in [2.05, 4.69) is 70.2 Å². The van der Waals surface area contributed by atoms with Crippen LogP contribution in [0.3, 0.4) is 0 Å². The van der Waals surface area contributed by atoms with Crippen molar-refractivity contribution in [1.29, 1.82) is 0 Å². The first-order valence-electron chi connectivity index (χ1n) is 7.37. The molecule has 0 bridgehead atoms. The van der Waals surface area contributed by atoms with Gasteiger partial charge in [-0.25, -0.2) is 0 Å². The lowest BCUT2D eigenvalue weighted by Crippen LogP contribution is -2.36. The highest BCUT2D eigenvalue weighted by atomic mass is 14.7. The predicted molar refractivity (Wildman–Crippen MR) is 87.0 cm³/mol. The van der Waals surface area contributed by atoms with E-state index >= 15 is 0 Å². The Morgan fingerprint density at radius 1 is 0.950 bits per heavy atom. The number of aryl methyl sites for hydroxylation is 3. The van der Waals surface area contributed by atoms with Crippen LogP contribution >= 0.6 is 0 Å². The van der Waals surface area contributed by atoms with Crippen molar-refractivity contribution in [3.8, 4) is 0 Å². The Hall–Kier alpha value is -1.60. The predicted octanol–water partition coefficient (Wildman–Crippen LogP) is 4.28. The third-order valence-corrected chi connectivity index (χ3v) is 4.01. The number of nitrogens with two attached hydrogens (primary N) is 1. The van der Waals surface area contributed by atoms with E-state index in [4.69, 9.17) is 5.73 Å². The van der Waals surface area contributed by atoms with Gasteiger partial charge in [0.15, 0.2) is 0 Å². The topological polar surface area (TPSA) is 26.0 Å². The molecule has 2 aromatic rings. The molecule has 1 atom stereocenters. The van der Waals surface area contributed by atoms with Crippen LogP contribution in [-0.4, -0.2) is 0 Å². The van der Waals surface area contributed by atoms with Gasteiger partial charge in [-0.15, -0.1) is 0 Å². The largest absolute Gasteiger partial charge is 0.321 e. The Labute approximate surface area is 122 Å². The van der Waals surface area contributed by atoms with Crippen LogP contribution in [0.1, 0.15) is 41.7 Å². The Kier molecular flexibility index (Phi) is 4.29. The van der Waals surface area contributed by atoms with E-state index in [1.807, 2.05) is 0 Å². The van der Waals surface area contributed by atoms with Gasteiger partial charge in [0.05, 0.1) is 0 Å². The molecule has 0 saturated carbocycles. The summed E-state index contributed by atoms with van der Waals surface area (Å²) in [7, 11) is 0. The second-order valence-corrected chi connectivity index (χ2v) is 6.08. The molecule has 0 aliphatic carbocycles. The fourth-order valence-electron chi connectivity index (χ4n) is 2.76. The quantitative estimate of drug-likeness (QED) is 0.879. The normalized spacial score (nSPS) is 14.1. The van der Waals surface area contributed by atoms with Crippen LogP contribution in [0.25, 0.3) is 0 Å². The van der Waals surface area contributed by atoms with E-state index in [1.165, 1.54) is 27.8 Å². The smallest absolute Gasteiger partial charge is 0.0424 e. The SMILES string of the molecule is CCc1ccc(CC(C)(N)c2cc(C)ccc2C)cc1. The van der Waals surface area contributed by atoms with Crippen LogP contribution in [0.4, 0.5) is 0 Å². The lowest BCUT2D eigenvalue weighted by Gasteiger charge is -2.28. The summed E-state index contributed by atoms with van der Waals surface area (Å²) in [4.78, 5) is 0. The molecule has 0 saturated heterocycles. The summed E-state index contributed by atoms with van der Waals surface area (Å²) in [5.41, 5.74) is 12.7. The number of hydrogen-bond donors (Lipinski definition) is 1. The average molecular weight is 267 g/mol. The minimum absolute atomic E-state index is 0.330. The average Bonchev–Trinajstić information content (AvgIpc) is 2.42. The van der Waals surface area contributed by atoms with Gasteiger partial charge in [0.2, 0.25) is 0 Å². The van der Waals surface area contributed by atoms with Crippen molar-refractivity contribution in [2.75, 3.05) is 0 Å². The van der Waals surface area contributed by atoms with Crippen molar-refractivity contribution in [2.24, 2.45) is 5.73 Å². The zero-order valence-electron chi connectivity index (χ0n) is 13.0. The fraction of sp³-hybridized carbons (Fsp3) is 0.368. The Bertz CT molecular complexity index is 579. The van der Waals surface area contributed by atoms with Crippen molar-refractivity contribution >= 4 is 0 Å². The minimum Gasteiger partial charge on any atom is -0.321 e. The molecule has 0 aromatic heterocycles. The summed E-state index contributed by atoms with van der Waals surface area (Å²) in [5, 5.41) is 0. The standard InChI is InChI=1S/C19H25N/c1-5-16-8-10-17(11-9-16)13-19(4,20)18-12-14(2)6-7-15(18)3/h6-12H,5,13,20H2,1-4H3. The monoisotopic (exact) mass is 267 g/mol. The van der Waals surface area contributed by atoms with E-state index in [0.717, 1.165) is 12.8 Å². The molecular formula is C19H25N. The maximum Gasteiger partial charge on any atom is 0.0424 e. The zero-order chi connectivity index (χ0) is 14.8. The second-order valence-electron chi connectivity index (χ2n) is 6.08. The molecule has 0 amide bonds. The van der Waals surface area contributed by atoms with Crippen LogP contribution in [-0.2, 0) is 18.4 Å². The molecular weight excluding hydrogens is 242 g/mol. The first-order chi connectivity index (χ1) is 9.42. The van der Waals surface area contributed by atoms with Gasteiger partial charge in [0.25, 0.3) is 0 Å². The molecule has 0 aliphatic heterocycles. The lowest BCUT2D eigenvalue weighted by atomic mass is 9.83. The first-order valence-corrected chi connectivity index (χ1v) is 7.37. The molecule has 0 heterocycles. The Balaban J connectivity index is 2.27. The van der Waals surface area contributed by atoms with Crippen LogP contribution < -0.4 is 5.73 Å². The van der Waals surface area contributed by atoms with Crippen LogP contribution in [0.2, 0.25) is 0 Å². The van der Waals surface area contributed by atoms with Crippen LogP contribution in [0, 0.1) is 13.8 Å². The third kappa shape index (κ3) is 3.29. The molecule has 0 radical (unpaired) electrons. The highest BCUT2D eigenvalue weighted by molar-refractivity contribution is 5.37. The van der Waals surface area contributed by atoms with Gasteiger partial charge in [0.1, 0.15) is 0 Å². The van der Waals surface area contributed by atoms with E-state index in [1.54, 1.807) is 0 Å². The summed E-state index contributed by atoms with van der Waals surface area (Å²) in [6.45, 7) is 8.57. The number of benzene rings is 2. The Morgan fingerprint density at radius 2 is 1.55 bits per heavy atom. The van der Waals surface area contributed by atoms with Gasteiger partial charge in [-0.2, -0.15) is 0 Å². The second kappa shape index (κ2) is 5.80. The fourth-order valence-corrected chi connectivity index (χ4v) is 2.76. The molecule has 0 aliphatic rings. The summed E-state index contributed by atoms with van der Waals surface area (Å²) in [6, 6.07) is 15.3. The highest BCUT2D eigenvalue weighted by Gasteiger charge is 2.23. The molecule has 1 heteroatoms. The van der Waals surface area contributed by atoms with Crippen molar-refractivity contribution in [3.63, 3.8) is 0 Å². The molecule has 2 aromatic carbocycles. The molecule has 2 rings (SSSR count). The van der Waals surface area contributed by atoms with E-state index < -0.39 is 0 Å². The van der Waals surface area contributed by atoms with Gasteiger partial charge in [-0.3, -0.25) is 0 Å². The van der Waals surface area contributed by atoms with Crippen molar-refractivity contribution in [1.82, 2.24) is 0 Å². The summed E-state index contributed by atoms with van der Waals surface area (Å²) in [5.74, 6) is 0. The van der Waals surface area contributed by atoms with E-state index in [-0.39, 0.29) is 5.54 Å². The number of rotatable bonds is 4. The molecule has 0 spiro atoms. The summed E-state index contributed by atoms with van der Waals surface area (Å²) >= 11 is 0. The first kappa shape index (κ1) is 14.8. The zero-order valence-corrected chi connectivity index (χ0v) is 13.0. The molecule has 1 nitrogen and oxygen atoms in total. The Morgan fingerprint density at radius 3 is 2.15 bits per heavy atom. The molecule has 106 valence electrons. The molecule has 20 heavy (non-hydrogen) atoms. The lowest BCUT2D eigenvalue weighted by molar-refractivity contribution is 0.488. The molecule has 2 N–H and O–H groups in total. The molecule has 1 unspecified atom stereocenters. The van der Waals surface area contributed by atoms with E-state index in [0.29, 0.717) is 0 Å². The molecule has 0 fully saturated rings. The third-order valence-electron chi connectivity index (χ3n) is 4.01. The van der Waals surface area contributed by atoms with Crippen molar-refractivity contribution in [2.45, 2.75) is 46.1 Å². The van der Waals surface area contributed by atoms with Crippen molar-refractivity contribution in [3.05, 3.63) is 70.3 Å². The van der Waals surface area contributed by atoms with Crippen LogP contribution in [0.15, 0.2) is 42.5 Å². The maximum atomic E-state index is 6.61. The summed E-state index contributed by atoms with van der Waals surface area (Å²) in [6.07, 6.45) is 1.94. The van der Waals surface area contributed by atoms with Crippen molar-refractivity contribution < 1.29 is 0 Å². The summed E-state index contributed by atoms with van der Waals surface area (Å²) < 4.78 is 0. The maximum absolute atomic E-state index is 6.61.